The standard InChI is InChI=1S/C19H22N6O/c1-12-5-6-13(2)17(9-12)15(4)21-19(26)22-16-8-7-14(3)18(10-16)25-11-20-23-24-25/h5-11,15H,1-4H3,(H2,21,22,26)/t15-/m1/s1. The zero-order valence-corrected chi connectivity index (χ0v) is 15.3. The molecule has 1 atom stereocenters. The number of benzene rings is 2. The SMILES string of the molecule is Cc1ccc(C)c([C@@H](C)NC(=O)Nc2ccc(C)c(-n3cnnn3)c2)c1. The zero-order chi connectivity index (χ0) is 18.7. The highest BCUT2D eigenvalue weighted by Crippen LogP contribution is 2.20. The van der Waals surface area contributed by atoms with Crippen molar-refractivity contribution >= 4 is 11.7 Å². The molecule has 134 valence electrons. The summed E-state index contributed by atoms with van der Waals surface area (Å²) >= 11 is 0. The summed E-state index contributed by atoms with van der Waals surface area (Å²) in [7, 11) is 0. The number of carbonyl (C=O) groups excluding carboxylic acids is 1. The van der Waals surface area contributed by atoms with Crippen molar-refractivity contribution in [1.29, 1.82) is 0 Å². The summed E-state index contributed by atoms with van der Waals surface area (Å²) in [4.78, 5) is 12.4. The third kappa shape index (κ3) is 3.88. The second-order valence-corrected chi connectivity index (χ2v) is 6.44. The predicted molar refractivity (Wildman–Crippen MR) is 100 cm³/mol. The number of carbonyl (C=O) groups is 1. The van der Waals surface area contributed by atoms with E-state index < -0.39 is 0 Å². The van der Waals surface area contributed by atoms with Crippen molar-refractivity contribution in [2.24, 2.45) is 0 Å². The van der Waals surface area contributed by atoms with E-state index in [9.17, 15) is 4.79 Å². The van der Waals surface area contributed by atoms with Crippen molar-refractivity contribution in [3.8, 4) is 5.69 Å². The Morgan fingerprint density at radius 1 is 1.08 bits per heavy atom. The van der Waals surface area contributed by atoms with Gasteiger partial charge in [-0.1, -0.05) is 29.8 Å². The number of urea groups is 1. The summed E-state index contributed by atoms with van der Waals surface area (Å²) in [5, 5.41) is 17.1. The van der Waals surface area contributed by atoms with Crippen molar-refractivity contribution in [1.82, 2.24) is 25.5 Å². The second kappa shape index (κ2) is 7.35. The van der Waals surface area contributed by atoms with E-state index in [1.165, 1.54) is 11.9 Å². The second-order valence-electron chi connectivity index (χ2n) is 6.44. The van der Waals surface area contributed by atoms with Gasteiger partial charge < -0.3 is 10.6 Å². The first-order valence-corrected chi connectivity index (χ1v) is 8.42. The molecule has 0 saturated carbocycles. The Balaban J connectivity index is 1.72. The molecular weight excluding hydrogens is 328 g/mol. The molecule has 7 nitrogen and oxygen atoms in total. The van der Waals surface area contributed by atoms with Gasteiger partial charge in [0.25, 0.3) is 0 Å². The van der Waals surface area contributed by atoms with Gasteiger partial charge in [-0.25, -0.2) is 9.48 Å². The molecule has 0 fully saturated rings. The summed E-state index contributed by atoms with van der Waals surface area (Å²) in [6.07, 6.45) is 1.52. The van der Waals surface area contributed by atoms with Gasteiger partial charge in [0.2, 0.25) is 0 Å². The number of aryl methyl sites for hydroxylation is 3. The Kier molecular flexibility index (Phi) is 4.97. The summed E-state index contributed by atoms with van der Waals surface area (Å²) in [6.45, 7) is 8.03. The summed E-state index contributed by atoms with van der Waals surface area (Å²) in [5.41, 5.74) is 5.93. The molecule has 0 saturated heterocycles. The predicted octanol–water partition coefficient (Wildman–Crippen LogP) is 3.47. The lowest BCUT2D eigenvalue weighted by molar-refractivity contribution is 0.249. The van der Waals surface area contributed by atoms with E-state index in [1.807, 2.05) is 45.9 Å². The van der Waals surface area contributed by atoms with Crippen LogP contribution in [-0.2, 0) is 0 Å². The van der Waals surface area contributed by atoms with Crippen LogP contribution in [0.2, 0.25) is 0 Å². The maximum atomic E-state index is 12.4. The van der Waals surface area contributed by atoms with Crippen LogP contribution >= 0.6 is 0 Å². The number of rotatable bonds is 4. The van der Waals surface area contributed by atoms with Crippen LogP contribution in [0.4, 0.5) is 10.5 Å². The van der Waals surface area contributed by atoms with Crippen LogP contribution in [-0.4, -0.2) is 26.2 Å². The number of tetrazole rings is 1. The van der Waals surface area contributed by atoms with Crippen LogP contribution in [0.3, 0.4) is 0 Å². The van der Waals surface area contributed by atoms with E-state index in [2.05, 4.69) is 44.4 Å². The monoisotopic (exact) mass is 350 g/mol. The minimum Gasteiger partial charge on any atom is -0.331 e. The summed E-state index contributed by atoms with van der Waals surface area (Å²) in [6, 6.07) is 11.5. The molecule has 3 rings (SSSR count). The maximum absolute atomic E-state index is 12.4. The Labute approximate surface area is 152 Å². The summed E-state index contributed by atoms with van der Waals surface area (Å²) < 4.78 is 1.57. The van der Waals surface area contributed by atoms with Gasteiger partial charge in [-0.05, 0) is 66.9 Å². The smallest absolute Gasteiger partial charge is 0.319 e. The molecule has 0 aliphatic heterocycles. The quantitative estimate of drug-likeness (QED) is 0.754. The highest BCUT2D eigenvalue weighted by Gasteiger charge is 2.13. The van der Waals surface area contributed by atoms with Crippen LogP contribution < -0.4 is 10.6 Å². The Morgan fingerprint density at radius 2 is 1.85 bits per heavy atom. The van der Waals surface area contributed by atoms with Crippen LogP contribution in [0.25, 0.3) is 5.69 Å². The molecule has 2 aromatic carbocycles. The lowest BCUT2D eigenvalue weighted by Crippen LogP contribution is -2.31. The number of amides is 2. The van der Waals surface area contributed by atoms with Gasteiger partial charge in [-0.2, -0.15) is 0 Å². The fourth-order valence-electron chi connectivity index (χ4n) is 2.87. The third-order valence-corrected chi connectivity index (χ3v) is 4.31. The number of nitrogens with zero attached hydrogens (tertiary/aromatic N) is 4. The highest BCUT2D eigenvalue weighted by atomic mass is 16.2. The van der Waals surface area contributed by atoms with Crippen molar-refractivity contribution in [2.45, 2.75) is 33.7 Å². The number of nitrogens with one attached hydrogen (secondary N) is 2. The maximum Gasteiger partial charge on any atom is 0.319 e. The molecule has 0 aliphatic carbocycles. The molecule has 0 aliphatic rings. The summed E-state index contributed by atoms with van der Waals surface area (Å²) in [5.74, 6) is 0. The van der Waals surface area contributed by atoms with E-state index >= 15 is 0 Å². The normalized spacial score (nSPS) is 11.8. The van der Waals surface area contributed by atoms with Crippen LogP contribution in [0.5, 0.6) is 0 Å². The molecule has 26 heavy (non-hydrogen) atoms. The Bertz CT molecular complexity index is 920. The Morgan fingerprint density at radius 3 is 2.58 bits per heavy atom. The first-order valence-electron chi connectivity index (χ1n) is 8.42. The molecule has 2 N–H and O–H groups in total. The Hall–Kier alpha value is -3.22. The number of anilines is 1. The van der Waals surface area contributed by atoms with Crippen molar-refractivity contribution < 1.29 is 4.79 Å². The molecule has 0 radical (unpaired) electrons. The minimum atomic E-state index is -0.259. The fraction of sp³-hybridized carbons (Fsp3) is 0.263. The highest BCUT2D eigenvalue weighted by molar-refractivity contribution is 5.90. The first kappa shape index (κ1) is 17.6. The van der Waals surface area contributed by atoms with Crippen molar-refractivity contribution in [3.63, 3.8) is 0 Å². The van der Waals surface area contributed by atoms with Gasteiger partial charge >= 0.3 is 6.03 Å². The number of hydrogen-bond donors (Lipinski definition) is 2. The van der Waals surface area contributed by atoms with E-state index in [4.69, 9.17) is 0 Å². The third-order valence-electron chi connectivity index (χ3n) is 4.31. The number of hydrogen-bond acceptors (Lipinski definition) is 4. The molecule has 3 aromatic rings. The molecule has 2 amide bonds. The molecule has 1 heterocycles. The number of aromatic nitrogens is 4. The van der Waals surface area contributed by atoms with Crippen molar-refractivity contribution in [3.05, 3.63) is 65.0 Å². The van der Waals surface area contributed by atoms with Crippen LogP contribution in [0, 0.1) is 20.8 Å². The van der Waals surface area contributed by atoms with Crippen LogP contribution in [0.1, 0.15) is 35.2 Å². The average molecular weight is 350 g/mol. The largest absolute Gasteiger partial charge is 0.331 e. The fourth-order valence-corrected chi connectivity index (χ4v) is 2.87. The van der Waals surface area contributed by atoms with E-state index in [0.29, 0.717) is 5.69 Å². The van der Waals surface area contributed by atoms with Gasteiger partial charge in [0.05, 0.1) is 11.7 Å². The van der Waals surface area contributed by atoms with Gasteiger partial charge in [-0.15, -0.1) is 5.10 Å². The molecule has 0 bridgehead atoms. The topological polar surface area (TPSA) is 84.7 Å². The molecule has 7 heteroatoms. The van der Waals surface area contributed by atoms with Gasteiger partial charge in [0.1, 0.15) is 6.33 Å². The molecular formula is C19H22N6O. The van der Waals surface area contributed by atoms with Gasteiger partial charge in [0.15, 0.2) is 0 Å². The zero-order valence-electron chi connectivity index (χ0n) is 15.3. The molecule has 0 unspecified atom stereocenters. The molecule has 0 spiro atoms. The average Bonchev–Trinajstić information content (AvgIpc) is 3.13. The van der Waals surface area contributed by atoms with Gasteiger partial charge in [0, 0.05) is 5.69 Å². The van der Waals surface area contributed by atoms with E-state index in [0.717, 1.165) is 22.4 Å². The minimum absolute atomic E-state index is 0.0978. The van der Waals surface area contributed by atoms with Crippen LogP contribution in [0.15, 0.2) is 42.7 Å². The lowest BCUT2D eigenvalue weighted by atomic mass is 10.0. The first-order chi connectivity index (χ1) is 12.4. The van der Waals surface area contributed by atoms with E-state index in [1.54, 1.807) is 4.68 Å². The lowest BCUT2D eigenvalue weighted by Gasteiger charge is -2.18. The van der Waals surface area contributed by atoms with E-state index in [-0.39, 0.29) is 12.1 Å². The van der Waals surface area contributed by atoms with Crippen molar-refractivity contribution in [2.75, 3.05) is 5.32 Å². The molecule has 1 aromatic heterocycles. The van der Waals surface area contributed by atoms with Gasteiger partial charge in [-0.3, -0.25) is 0 Å².